The number of hydrogen-bond donors (Lipinski definition) is 2. The third-order valence-electron chi connectivity index (χ3n) is 4.29. The number of nitrogen functional groups attached to an aromatic ring is 1. The van der Waals surface area contributed by atoms with E-state index in [9.17, 15) is 14.0 Å². The van der Waals surface area contributed by atoms with Crippen molar-refractivity contribution in [2.45, 2.75) is 12.8 Å². The zero-order valence-corrected chi connectivity index (χ0v) is 15.6. The molecule has 5 nitrogen and oxygen atoms in total. The number of nitrogens with zero attached hydrogens (tertiary/aromatic N) is 1. The van der Waals surface area contributed by atoms with Crippen molar-refractivity contribution >= 4 is 29.1 Å². The largest absolute Gasteiger partial charge is 0.397 e. The molecule has 2 aromatic carbocycles. The van der Waals surface area contributed by atoms with Crippen molar-refractivity contribution in [3.63, 3.8) is 0 Å². The Kier molecular flexibility index (Phi) is 6.47. The maximum Gasteiger partial charge on any atom is 0.255 e. The molecule has 29 heavy (non-hydrogen) atoms. The van der Waals surface area contributed by atoms with Crippen molar-refractivity contribution in [3.05, 3.63) is 95.6 Å². The van der Waals surface area contributed by atoms with Gasteiger partial charge in [-0.1, -0.05) is 18.2 Å². The van der Waals surface area contributed by atoms with Crippen molar-refractivity contribution < 1.29 is 14.0 Å². The van der Waals surface area contributed by atoms with Gasteiger partial charge in [0.05, 0.1) is 11.4 Å². The summed E-state index contributed by atoms with van der Waals surface area (Å²) in [5.74, 6) is -0.853. The number of aromatic nitrogens is 1. The molecule has 0 spiro atoms. The second kappa shape index (κ2) is 9.41. The molecule has 0 unspecified atom stereocenters. The minimum atomic E-state index is -0.480. The second-order valence-electron chi connectivity index (χ2n) is 6.47. The van der Waals surface area contributed by atoms with E-state index in [1.807, 2.05) is 12.1 Å². The van der Waals surface area contributed by atoms with Crippen molar-refractivity contribution in [1.82, 2.24) is 4.98 Å². The van der Waals surface area contributed by atoms with E-state index < -0.39 is 5.82 Å². The zero-order valence-electron chi connectivity index (χ0n) is 15.6. The summed E-state index contributed by atoms with van der Waals surface area (Å²) in [6.45, 7) is 0. The van der Waals surface area contributed by atoms with Crippen LogP contribution in [0.2, 0.25) is 0 Å². The molecule has 0 aliphatic heterocycles. The van der Waals surface area contributed by atoms with E-state index in [1.165, 1.54) is 18.2 Å². The van der Waals surface area contributed by atoms with Gasteiger partial charge in [0, 0.05) is 24.4 Å². The van der Waals surface area contributed by atoms with Gasteiger partial charge in [0.15, 0.2) is 5.78 Å². The lowest BCUT2D eigenvalue weighted by Gasteiger charge is -2.09. The Morgan fingerprint density at radius 2 is 1.90 bits per heavy atom. The minimum absolute atomic E-state index is 0.0113. The van der Waals surface area contributed by atoms with Crippen LogP contribution in [-0.2, 0) is 11.2 Å². The van der Waals surface area contributed by atoms with Gasteiger partial charge in [0.1, 0.15) is 5.82 Å². The standard InChI is InChI=1S/C23H20FN3O2/c24-19-9-12-21(25)22(14-19)27-23(29)18-7-3-16(4-8-18)5-10-20(28)11-6-17-2-1-13-26-15-17/h1-4,6-9,11-15H,5,10,25H2,(H,27,29)/b11-6+. The maximum atomic E-state index is 13.3. The van der Waals surface area contributed by atoms with Crippen LogP contribution in [0.5, 0.6) is 0 Å². The highest BCUT2D eigenvalue weighted by atomic mass is 19.1. The van der Waals surface area contributed by atoms with Crippen LogP contribution in [0.3, 0.4) is 0 Å². The normalized spacial score (nSPS) is 10.8. The number of anilines is 2. The molecule has 0 saturated carbocycles. The number of aryl methyl sites for hydroxylation is 1. The van der Waals surface area contributed by atoms with E-state index in [-0.39, 0.29) is 23.1 Å². The van der Waals surface area contributed by atoms with Crippen LogP contribution in [0, 0.1) is 5.82 Å². The first-order chi connectivity index (χ1) is 14.0. The molecular formula is C23H20FN3O2. The van der Waals surface area contributed by atoms with Gasteiger partial charge in [-0.3, -0.25) is 14.6 Å². The van der Waals surface area contributed by atoms with E-state index in [1.54, 1.807) is 48.8 Å². The first-order valence-electron chi connectivity index (χ1n) is 9.07. The lowest BCUT2D eigenvalue weighted by molar-refractivity contribution is -0.114. The molecule has 0 atom stereocenters. The highest BCUT2D eigenvalue weighted by Gasteiger charge is 2.09. The first kappa shape index (κ1) is 19.9. The summed E-state index contributed by atoms with van der Waals surface area (Å²) < 4.78 is 13.3. The smallest absolute Gasteiger partial charge is 0.255 e. The fourth-order valence-electron chi connectivity index (χ4n) is 2.67. The predicted molar refractivity (Wildman–Crippen MR) is 112 cm³/mol. The second-order valence-corrected chi connectivity index (χ2v) is 6.47. The molecule has 0 radical (unpaired) electrons. The molecule has 1 aromatic heterocycles. The fraction of sp³-hybridized carbons (Fsp3) is 0.0870. The Morgan fingerprint density at radius 3 is 2.62 bits per heavy atom. The lowest BCUT2D eigenvalue weighted by Crippen LogP contribution is -2.13. The Morgan fingerprint density at radius 1 is 1.10 bits per heavy atom. The van der Waals surface area contributed by atoms with Crippen LogP contribution >= 0.6 is 0 Å². The number of nitrogens with two attached hydrogens (primary N) is 1. The van der Waals surface area contributed by atoms with Gasteiger partial charge in [-0.25, -0.2) is 4.39 Å². The lowest BCUT2D eigenvalue weighted by atomic mass is 10.0. The number of carbonyl (C=O) groups excluding carboxylic acids is 2. The summed E-state index contributed by atoms with van der Waals surface area (Å²) in [6, 6.07) is 14.4. The average molecular weight is 389 g/mol. The van der Waals surface area contributed by atoms with E-state index in [2.05, 4.69) is 10.3 Å². The van der Waals surface area contributed by atoms with E-state index in [0.29, 0.717) is 18.4 Å². The van der Waals surface area contributed by atoms with Crippen LogP contribution in [-0.4, -0.2) is 16.7 Å². The quantitative estimate of drug-likeness (QED) is 0.467. The van der Waals surface area contributed by atoms with E-state index >= 15 is 0 Å². The number of allylic oxidation sites excluding steroid dienone is 1. The number of halogens is 1. The number of amides is 1. The van der Waals surface area contributed by atoms with Crippen LogP contribution in [0.1, 0.15) is 27.9 Å². The summed E-state index contributed by atoms with van der Waals surface area (Å²) in [5, 5.41) is 2.60. The van der Waals surface area contributed by atoms with Gasteiger partial charge in [-0.15, -0.1) is 0 Å². The van der Waals surface area contributed by atoms with Crippen LogP contribution in [0.15, 0.2) is 73.1 Å². The fourth-order valence-corrected chi connectivity index (χ4v) is 2.67. The molecule has 3 rings (SSSR count). The summed E-state index contributed by atoms with van der Waals surface area (Å²) >= 11 is 0. The Balaban J connectivity index is 1.54. The summed E-state index contributed by atoms with van der Waals surface area (Å²) in [5.41, 5.74) is 8.49. The third kappa shape index (κ3) is 5.84. The SMILES string of the molecule is Nc1ccc(F)cc1NC(=O)c1ccc(CCC(=O)/C=C/c2cccnc2)cc1. The van der Waals surface area contributed by atoms with Gasteiger partial charge in [-0.2, -0.15) is 0 Å². The maximum absolute atomic E-state index is 13.3. The number of rotatable bonds is 7. The molecule has 0 aliphatic rings. The number of carbonyl (C=O) groups is 2. The molecular weight excluding hydrogens is 369 g/mol. The molecule has 6 heteroatoms. The van der Waals surface area contributed by atoms with Gasteiger partial charge in [-0.05, 0) is 66.1 Å². The highest BCUT2D eigenvalue weighted by molar-refractivity contribution is 6.05. The molecule has 0 aliphatic carbocycles. The molecule has 3 N–H and O–H groups in total. The van der Waals surface area contributed by atoms with Gasteiger partial charge < -0.3 is 11.1 Å². The van der Waals surface area contributed by atoms with Crippen LogP contribution < -0.4 is 11.1 Å². The van der Waals surface area contributed by atoms with Crippen molar-refractivity contribution in [2.24, 2.45) is 0 Å². The molecule has 0 saturated heterocycles. The van der Waals surface area contributed by atoms with Crippen molar-refractivity contribution in [1.29, 1.82) is 0 Å². The van der Waals surface area contributed by atoms with Gasteiger partial charge in [0.2, 0.25) is 0 Å². The molecule has 0 bridgehead atoms. The van der Waals surface area contributed by atoms with Gasteiger partial charge >= 0.3 is 0 Å². The van der Waals surface area contributed by atoms with Crippen LogP contribution in [0.4, 0.5) is 15.8 Å². The molecule has 0 fully saturated rings. The molecule has 146 valence electrons. The summed E-state index contributed by atoms with van der Waals surface area (Å²) in [6.07, 6.45) is 7.57. The number of pyridine rings is 1. The van der Waals surface area contributed by atoms with Gasteiger partial charge in [0.25, 0.3) is 5.91 Å². The van der Waals surface area contributed by atoms with E-state index in [4.69, 9.17) is 5.73 Å². The van der Waals surface area contributed by atoms with Crippen molar-refractivity contribution in [3.8, 4) is 0 Å². The topological polar surface area (TPSA) is 85.1 Å². The monoisotopic (exact) mass is 389 g/mol. The average Bonchev–Trinajstić information content (AvgIpc) is 2.74. The molecule has 3 aromatic rings. The number of hydrogen-bond acceptors (Lipinski definition) is 4. The summed E-state index contributed by atoms with van der Waals surface area (Å²) in [4.78, 5) is 28.3. The summed E-state index contributed by atoms with van der Waals surface area (Å²) in [7, 11) is 0. The number of ketones is 1. The Bertz CT molecular complexity index is 1030. The third-order valence-corrected chi connectivity index (χ3v) is 4.29. The Hall–Kier alpha value is -3.80. The van der Waals surface area contributed by atoms with E-state index in [0.717, 1.165) is 11.1 Å². The van der Waals surface area contributed by atoms with Crippen molar-refractivity contribution in [2.75, 3.05) is 11.1 Å². The predicted octanol–water partition coefficient (Wildman–Crippen LogP) is 4.27. The highest BCUT2D eigenvalue weighted by Crippen LogP contribution is 2.20. The number of benzene rings is 2. The number of nitrogens with one attached hydrogen (secondary N) is 1. The minimum Gasteiger partial charge on any atom is -0.397 e. The Labute approximate surface area is 168 Å². The van der Waals surface area contributed by atoms with Crippen LogP contribution in [0.25, 0.3) is 6.08 Å². The molecule has 1 heterocycles. The zero-order chi connectivity index (χ0) is 20.6. The molecule has 1 amide bonds. The first-order valence-corrected chi connectivity index (χ1v) is 9.07.